The minimum absolute atomic E-state index is 0.0246. The molecule has 78 valence electrons. The van der Waals surface area contributed by atoms with E-state index in [0.717, 1.165) is 23.1 Å². The van der Waals surface area contributed by atoms with Crippen molar-refractivity contribution in [3.63, 3.8) is 0 Å². The molecule has 4 heteroatoms. The number of para-hydroxylation sites is 1. The van der Waals surface area contributed by atoms with Crippen molar-refractivity contribution in [2.75, 3.05) is 5.33 Å². The number of hydrogen-bond donors (Lipinski definition) is 0. The second kappa shape index (κ2) is 4.14. The second-order valence-electron chi connectivity index (χ2n) is 3.35. The van der Waals surface area contributed by atoms with E-state index in [2.05, 4.69) is 20.9 Å². The van der Waals surface area contributed by atoms with Gasteiger partial charge in [0.05, 0.1) is 10.9 Å². The Hall–Kier alpha value is -1.16. The summed E-state index contributed by atoms with van der Waals surface area (Å²) in [4.78, 5) is 16.4. The van der Waals surface area contributed by atoms with Crippen LogP contribution in [0.4, 0.5) is 0 Å². The van der Waals surface area contributed by atoms with Crippen LogP contribution < -0.4 is 5.56 Å². The van der Waals surface area contributed by atoms with Gasteiger partial charge < -0.3 is 0 Å². The standard InChI is InChI=1S/C11H11BrN2O/c1-14-10(6-7-12)13-9-5-3-2-4-8(9)11(14)15/h2-5H,6-7H2,1H3. The Balaban J connectivity index is 2.77. The zero-order valence-corrected chi connectivity index (χ0v) is 9.99. The van der Waals surface area contributed by atoms with Crippen molar-refractivity contribution in [3.05, 3.63) is 40.4 Å². The van der Waals surface area contributed by atoms with E-state index < -0.39 is 0 Å². The van der Waals surface area contributed by atoms with E-state index in [-0.39, 0.29) is 5.56 Å². The Morgan fingerprint density at radius 3 is 2.87 bits per heavy atom. The highest BCUT2D eigenvalue weighted by Crippen LogP contribution is 2.07. The first-order valence-corrected chi connectivity index (χ1v) is 5.87. The van der Waals surface area contributed by atoms with Crippen LogP contribution in [0.15, 0.2) is 29.1 Å². The maximum absolute atomic E-state index is 11.9. The molecule has 1 aromatic carbocycles. The van der Waals surface area contributed by atoms with Crippen LogP contribution in [0.5, 0.6) is 0 Å². The van der Waals surface area contributed by atoms with Gasteiger partial charge in [-0.25, -0.2) is 4.98 Å². The molecule has 0 radical (unpaired) electrons. The van der Waals surface area contributed by atoms with E-state index in [9.17, 15) is 4.79 Å². The maximum Gasteiger partial charge on any atom is 0.261 e. The topological polar surface area (TPSA) is 34.9 Å². The number of aryl methyl sites for hydroxylation is 1. The summed E-state index contributed by atoms with van der Waals surface area (Å²) in [5.41, 5.74) is 0.799. The normalized spacial score (nSPS) is 10.8. The molecule has 0 fully saturated rings. The molecule has 0 aliphatic rings. The van der Waals surface area contributed by atoms with Crippen molar-refractivity contribution < 1.29 is 0 Å². The SMILES string of the molecule is Cn1c(CCBr)nc2ccccc2c1=O. The number of nitrogens with zero attached hydrogens (tertiary/aromatic N) is 2. The van der Waals surface area contributed by atoms with Gasteiger partial charge in [-0.2, -0.15) is 0 Å². The molecule has 0 unspecified atom stereocenters. The fourth-order valence-corrected chi connectivity index (χ4v) is 1.93. The van der Waals surface area contributed by atoms with E-state index >= 15 is 0 Å². The van der Waals surface area contributed by atoms with Gasteiger partial charge in [0, 0.05) is 18.8 Å². The van der Waals surface area contributed by atoms with Crippen molar-refractivity contribution in [2.45, 2.75) is 6.42 Å². The van der Waals surface area contributed by atoms with Crippen molar-refractivity contribution >= 4 is 26.8 Å². The van der Waals surface area contributed by atoms with Gasteiger partial charge in [-0.15, -0.1) is 0 Å². The molecular formula is C11H11BrN2O. The molecule has 0 spiro atoms. The number of halogens is 1. The zero-order chi connectivity index (χ0) is 10.8. The highest BCUT2D eigenvalue weighted by molar-refractivity contribution is 9.09. The predicted octanol–water partition coefficient (Wildman–Crippen LogP) is 1.87. The number of fused-ring (bicyclic) bond motifs is 1. The molecular weight excluding hydrogens is 256 g/mol. The van der Waals surface area contributed by atoms with E-state index in [1.54, 1.807) is 11.6 Å². The molecule has 15 heavy (non-hydrogen) atoms. The van der Waals surface area contributed by atoms with Crippen LogP contribution in [0.1, 0.15) is 5.82 Å². The first kappa shape index (κ1) is 10.4. The molecule has 0 bridgehead atoms. The average molecular weight is 267 g/mol. The summed E-state index contributed by atoms with van der Waals surface area (Å²) < 4.78 is 1.61. The highest BCUT2D eigenvalue weighted by Gasteiger charge is 2.06. The summed E-state index contributed by atoms with van der Waals surface area (Å²) in [6.07, 6.45) is 0.760. The van der Waals surface area contributed by atoms with E-state index in [1.165, 1.54) is 0 Å². The molecule has 0 N–H and O–H groups in total. The third kappa shape index (κ3) is 1.81. The number of alkyl halides is 1. The molecule has 1 aromatic heterocycles. The molecule has 0 saturated heterocycles. The van der Waals surface area contributed by atoms with Gasteiger partial charge in [-0.3, -0.25) is 9.36 Å². The molecule has 0 aliphatic heterocycles. The van der Waals surface area contributed by atoms with E-state index in [1.807, 2.05) is 24.3 Å². The monoisotopic (exact) mass is 266 g/mol. The molecule has 0 atom stereocenters. The van der Waals surface area contributed by atoms with Gasteiger partial charge in [0.25, 0.3) is 5.56 Å². The fourth-order valence-electron chi connectivity index (χ4n) is 1.57. The fraction of sp³-hybridized carbons (Fsp3) is 0.273. The van der Waals surface area contributed by atoms with Crippen molar-refractivity contribution in [3.8, 4) is 0 Å². The van der Waals surface area contributed by atoms with Crippen molar-refractivity contribution in [1.29, 1.82) is 0 Å². The first-order chi connectivity index (χ1) is 7.24. The summed E-state index contributed by atoms with van der Waals surface area (Å²) in [5, 5.41) is 1.49. The van der Waals surface area contributed by atoms with Crippen LogP contribution in [0.25, 0.3) is 10.9 Å². The summed E-state index contributed by atoms with van der Waals surface area (Å²) in [6.45, 7) is 0. The van der Waals surface area contributed by atoms with Crippen molar-refractivity contribution in [2.24, 2.45) is 7.05 Å². The van der Waals surface area contributed by atoms with Gasteiger partial charge in [0.1, 0.15) is 5.82 Å². The molecule has 3 nitrogen and oxygen atoms in total. The van der Waals surface area contributed by atoms with Crippen LogP contribution in [0.2, 0.25) is 0 Å². The molecule has 2 rings (SSSR count). The minimum atomic E-state index is 0.0246. The van der Waals surface area contributed by atoms with Gasteiger partial charge in [-0.05, 0) is 12.1 Å². The lowest BCUT2D eigenvalue weighted by atomic mass is 10.2. The van der Waals surface area contributed by atoms with E-state index in [4.69, 9.17) is 0 Å². The van der Waals surface area contributed by atoms with Crippen LogP contribution in [0.3, 0.4) is 0 Å². The average Bonchev–Trinajstić information content (AvgIpc) is 2.26. The molecule has 1 heterocycles. The number of benzene rings is 1. The number of rotatable bonds is 2. The number of aromatic nitrogens is 2. The lowest BCUT2D eigenvalue weighted by Gasteiger charge is -2.07. The van der Waals surface area contributed by atoms with Crippen LogP contribution in [0, 0.1) is 0 Å². The van der Waals surface area contributed by atoms with Crippen molar-refractivity contribution in [1.82, 2.24) is 9.55 Å². The Labute approximate surface area is 95.9 Å². The second-order valence-corrected chi connectivity index (χ2v) is 4.14. The maximum atomic E-state index is 11.9. The Morgan fingerprint density at radius 1 is 1.40 bits per heavy atom. The third-order valence-corrected chi connectivity index (χ3v) is 2.79. The van der Waals surface area contributed by atoms with Crippen LogP contribution in [-0.2, 0) is 13.5 Å². The Morgan fingerprint density at radius 2 is 2.13 bits per heavy atom. The summed E-state index contributed by atoms with van der Waals surface area (Å²) in [7, 11) is 1.76. The predicted molar refractivity (Wildman–Crippen MR) is 64.5 cm³/mol. The van der Waals surface area contributed by atoms with Gasteiger partial charge in [0.2, 0.25) is 0 Å². The lowest BCUT2D eigenvalue weighted by molar-refractivity contribution is 0.756. The molecule has 2 aromatic rings. The third-order valence-electron chi connectivity index (χ3n) is 2.39. The molecule has 0 aliphatic carbocycles. The van der Waals surface area contributed by atoms with Gasteiger partial charge >= 0.3 is 0 Å². The first-order valence-electron chi connectivity index (χ1n) is 4.74. The van der Waals surface area contributed by atoms with Gasteiger partial charge in [0.15, 0.2) is 0 Å². The Bertz CT molecular complexity index is 548. The van der Waals surface area contributed by atoms with Crippen LogP contribution >= 0.6 is 15.9 Å². The van der Waals surface area contributed by atoms with E-state index in [0.29, 0.717) is 5.39 Å². The quantitative estimate of drug-likeness (QED) is 0.778. The summed E-state index contributed by atoms with van der Waals surface area (Å²) in [5.74, 6) is 0.815. The zero-order valence-electron chi connectivity index (χ0n) is 8.40. The smallest absolute Gasteiger partial charge is 0.261 e. The minimum Gasteiger partial charge on any atom is -0.299 e. The molecule has 0 amide bonds. The highest BCUT2D eigenvalue weighted by atomic mass is 79.9. The summed E-state index contributed by atoms with van der Waals surface area (Å²) in [6, 6.07) is 7.43. The molecule has 0 saturated carbocycles. The van der Waals surface area contributed by atoms with Crippen LogP contribution in [-0.4, -0.2) is 14.9 Å². The largest absolute Gasteiger partial charge is 0.299 e. The van der Waals surface area contributed by atoms with Gasteiger partial charge in [-0.1, -0.05) is 28.1 Å². The number of hydrogen-bond acceptors (Lipinski definition) is 2. The Kier molecular flexibility index (Phi) is 2.86. The lowest BCUT2D eigenvalue weighted by Crippen LogP contribution is -2.22. The summed E-state index contributed by atoms with van der Waals surface area (Å²) >= 11 is 3.35.